The number of amides is 2. The van der Waals surface area contributed by atoms with Crippen molar-refractivity contribution in [3.05, 3.63) is 65.2 Å². The van der Waals surface area contributed by atoms with E-state index in [4.69, 9.17) is 4.74 Å². The molecular formula is C18H20N2O3. The molecule has 0 heterocycles. The number of rotatable bonds is 5. The van der Waals surface area contributed by atoms with Gasteiger partial charge in [0.25, 0.3) is 11.8 Å². The summed E-state index contributed by atoms with van der Waals surface area (Å²) in [5, 5.41) is 0. The summed E-state index contributed by atoms with van der Waals surface area (Å²) in [5.74, 6) is -0.150. The van der Waals surface area contributed by atoms with Gasteiger partial charge in [0.2, 0.25) is 0 Å². The number of benzene rings is 2. The Balaban J connectivity index is 1.81. The number of hydrogen-bond donors (Lipinski definition) is 2. The largest absolute Gasteiger partial charge is 0.484 e. The molecule has 0 aromatic heterocycles. The SMILES string of the molecule is CCc1cccc(OCC(=O)NNC(=O)c2ccccc2C)c1. The van der Waals surface area contributed by atoms with Crippen LogP contribution < -0.4 is 15.6 Å². The van der Waals surface area contributed by atoms with Gasteiger partial charge in [0.15, 0.2) is 6.61 Å². The molecule has 2 aromatic carbocycles. The maximum atomic E-state index is 12.0. The van der Waals surface area contributed by atoms with Crippen LogP contribution in [0.2, 0.25) is 0 Å². The first-order valence-electron chi connectivity index (χ1n) is 7.46. The molecule has 2 amide bonds. The van der Waals surface area contributed by atoms with E-state index in [9.17, 15) is 9.59 Å². The number of nitrogens with one attached hydrogen (secondary N) is 2. The fraction of sp³-hybridized carbons (Fsp3) is 0.222. The summed E-state index contributed by atoms with van der Waals surface area (Å²) < 4.78 is 5.41. The van der Waals surface area contributed by atoms with Crippen LogP contribution in [0.5, 0.6) is 5.75 Å². The highest BCUT2D eigenvalue weighted by Gasteiger charge is 2.09. The van der Waals surface area contributed by atoms with Crippen molar-refractivity contribution in [1.29, 1.82) is 0 Å². The standard InChI is InChI=1S/C18H20N2O3/c1-3-14-8-6-9-15(11-14)23-12-17(21)19-20-18(22)16-10-5-4-7-13(16)2/h4-11H,3,12H2,1-2H3,(H,19,21)(H,20,22). The minimum absolute atomic E-state index is 0.165. The van der Waals surface area contributed by atoms with Crippen molar-refractivity contribution < 1.29 is 14.3 Å². The van der Waals surface area contributed by atoms with Gasteiger partial charge >= 0.3 is 0 Å². The van der Waals surface area contributed by atoms with Gasteiger partial charge in [-0.1, -0.05) is 37.3 Å². The topological polar surface area (TPSA) is 67.4 Å². The van der Waals surface area contributed by atoms with E-state index in [0.29, 0.717) is 11.3 Å². The predicted molar refractivity (Wildman–Crippen MR) is 88.1 cm³/mol. The first kappa shape index (κ1) is 16.5. The lowest BCUT2D eigenvalue weighted by Gasteiger charge is -2.10. The molecule has 0 fully saturated rings. The molecule has 2 aromatic rings. The average Bonchev–Trinajstić information content (AvgIpc) is 2.58. The highest BCUT2D eigenvalue weighted by atomic mass is 16.5. The van der Waals surface area contributed by atoms with Crippen molar-refractivity contribution in [2.45, 2.75) is 20.3 Å². The number of carbonyl (C=O) groups excluding carboxylic acids is 2. The Morgan fingerprint density at radius 1 is 1.04 bits per heavy atom. The lowest BCUT2D eigenvalue weighted by atomic mass is 10.1. The molecule has 0 aliphatic heterocycles. The van der Waals surface area contributed by atoms with Gasteiger partial charge in [-0.25, -0.2) is 0 Å². The first-order valence-corrected chi connectivity index (χ1v) is 7.46. The van der Waals surface area contributed by atoms with Crippen LogP contribution in [0, 0.1) is 6.92 Å². The normalized spacial score (nSPS) is 10.0. The fourth-order valence-corrected chi connectivity index (χ4v) is 2.06. The number of hydrogen-bond acceptors (Lipinski definition) is 3. The number of aryl methyl sites for hydroxylation is 2. The van der Waals surface area contributed by atoms with E-state index in [-0.39, 0.29) is 12.5 Å². The molecule has 23 heavy (non-hydrogen) atoms. The molecule has 120 valence electrons. The number of hydrazine groups is 1. The van der Waals surface area contributed by atoms with Gasteiger partial charge < -0.3 is 4.74 Å². The summed E-state index contributed by atoms with van der Waals surface area (Å²) in [6.45, 7) is 3.72. The van der Waals surface area contributed by atoms with E-state index < -0.39 is 5.91 Å². The summed E-state index contributed by atoms with van der Waals surface area (Å²) >= 11 is 0. The Bertz CT molecular complexity index is 698. The van der Waals surface area contributed by atoms with Crippen LogP contribution in [-0.4, -0.2) is 18.4 Å². The second-order valence-corrected chi connectivity index (χ2v) is 5.11. The van der Waals surface area contributed by atoms with E-state index in [0.717, 1.165) is 17.5 Å². The lowest BCUT2D eigenvalue weighted by molar-refractivity contribution is -0.123. The van der Waals surface area contributed by atoms with Crippen LogP contribution in [0.25, 0.3) is 0 Å². The van der Waals surface area contributed by atoms with Crippen molar-refractivity contribution in [1.82, 2.24) is 10.9 Å². The third kappa shape index (κ3) is 4.85. The fourth-order valence-electron chi connectivity index (χ4n) is 2.06. The molecule has 0 aliphatic carbocycles. The van der Waals surface area contributed by atoms with Crippen molar-refractivity contribution in [2.24, 2.45) is 0 Å². The molecule has 5 nitrogen and oxygen atoms in total. The van der Waals surface area contributed by atoms with Crippen LogP contribution in [0.1, 0.15) is 28.4 Å². The summed E-state index contributed by atoms with van der Waals surface area (Å²) in [7, 11) is 0. The van der Waals surface area contributed by atoms with Gasteiger partial charge in [0.05, 0.1) is 0 Å². The molecule has 0 radical (unpaired) electrons. The van der Waals surface area contributed by atoms with Gasteiger partial charge in [-0.3, -0.25) is 20.4 Å². The maximum Gasteiger partial charge on any atom is 0.276 e. The van der Waals surface area contributed by atoms with E-state index >= 15 is 0 Å². The monoisotopic (exact) mass is 312 g/mol. The summed E-state index contributed by atoms with van der Waals surface area (Å²) in [5.41, 5.74) is 7.22. The average molecular weight is 312 g/mol. The van der Waals surface area contributed by atoms with Crippen LogP contribution in [0.3, 0.4) is 0 Å². The number of carbonyl (C=O) groups is 2. The van der Waals surface area contributed by atoms with Crippen molar-refractivity contribution in [3.8, 4) is 5.75 Å². The van der Waals surface area contributed by atoms with Gasteiger partial charge in [-0.15, -0.1) is 0 Å². The minimum Gasteiger partial charge on any atom is -0.484 e. The lowest BCUT2D eigenvalue weighted by Crippen LogP contribution is -2.44. The molecule has 2 N–H and O–H groups in total. The highest BCUT2D eigenvalue weighted by molar-refractivity contribution is 5.96. The molecular weight excluding hydrogens is 292 g/mol. The third-order valence-electron chi connectivity index (χ3n) is 3.38. The molecule has 0 saturated heterocycles. The zero-order valence-electron chi connectivity index (χ0n) is 13.3. The molecule has 2 rings (SSSR count). The van der Waals surface area contributed by atoms with Crippen LogP contribution in [0.15, 0.2) is 48.5 Å². The minimum atomic E-state index is -0.422. The third-order valence-corrected chi connectivity index (χ3v) is 3.38. The van der Waals surface area contributed by atoms with Crippen molar-refractivity contribution >= 4 is 11.8 Å². The van der Waals surface area contributed by atoms with Gasteiger partial charge in [0.1, 0.15) is 5.75 Å². The van der Waals surface area contributed by atoms with E-state index in [1.54, 1.807) is 18.2 Å². The van der Waals surface area contributed by atoms with Crippen LogP contribution >= 0.6 is 0 Å². The Hall–Kier alpha value is -2.82. The number of ether oxygens (including phenoxy) is 1. The van der Waals surface area contributed by atoms with E-state index in [1.807, 2.05) is 44.2 Å². The molecule has 0 unspecified atom stereocenters. The van der Waals surface area contributed by atoms with Crippen LogP contribution in [-0.2, 0) is 11.2 Å². The Kier molecular flexibility index (Phi) is 5.74. The van der Waals surface area contributed by atoms with E-state index in [2.05, 4.69) is 10.9 Å². The second-order valence-electron chi connectivity index (χ2n) is 5.11. The zero-order chi connectivity index (χ0) is 16.7. The molecule has 0 bridgehead atoms. The van der Waals surface area contributed by atoms with E-state index in [1.165, 1.54) is 0 Å². The van der Waals surface area contributed by atoms with Gasteiger partial charge in [0, 0.05) is 5.56 Å². The molecule has 0 atom stereocenters. The molecule has 5 heteroatoms. The molecule has 0 spiro atoms. The van der Waals surface area contributed by atoms with Crippen LogP contribution in [0.4, 0.5) is 0 Å². The Morgan fingerprint density at radius 3 is 2.57 bits per heavy atom. The van der Waals surface area contributed by atoms with Gasteiger partial charge in [-0.2, -0.15) is 0 Å². The smallest absolute Gasteiger partial charge is 0.276 e. The first-order chi connectivity index (χ1) is 11.1. The van der Waals surface area contributed by atoms with Crippen molar-refractivity contribution in [2.75, 3.05) is 6.61 Å². The summed E-state index contributed by atoms with van der Waals surface area (Å²) in [4.78, 5) is 23.7. The zero-order valence-corrected chi connectivity index (χ0v) is 13.3. The highest BCUT2D eigenvalue weighted by Crippen LogP contribution is 2.13. The van der Waals surface area contributed by atoms with Gasteiger partial charge in [-0.05, 0) is 42.7 Å². The maximum absolute atomic E-state index is 12.0. The Labute approximate surface area is 135 Å². The molecule has 0 aliphatic rings. The summed E-state index contributed by atoms with van der Waals surface area (Å²) in [6, 6.07) is 14.7. The second kappa shape index (κ2) is 7.98. The Morgan fingerprint density at radius 2 is 1.83 bits per heavy atom. The quantitative estimate of drug-likeness (QED) is 0.833. The molecule has 0 saturated carbocycles. The predicted octanol–water partition coefficient (Wildman–Crippen LogP) is 2.40. The summed E-state index contributed by atoms with van der Waals surface area (Å²) in [6.07, 6.45) is 0.899. The van der Waals surface area contributed by atoms with Crippen molar-refractivity contribution in [3.63, 3.8) is 0 Å².